The molecule has 0 spiro atoms. The molecule has 0 amide bonds. The molecule has 18 heavy (non-hydrogen) atoms. The Morgan fingerprint density at radius 2 is 2.00 bits per heavy atom. The lowest BCUT2D eigenvalue weighted by molar-refractivity contribution is 0.0319. The van der Waals surface area contributed by atoms with Crippen LogP contribution in [0.4, 0.5) is 0 Å². The van der Waals surface area contributed by atoms with Crippen LogP contribution in [0.5, 0.6) is 0 Å². The molecule has 0 radical (unpaired) electrons. The van der Waals surface area contributed by atoms with Crippen LogP contribution in [0.25, 0.3) is 0 Å². The van der Waals surface area contributed by atoms with Gasteiger partial charge in [-0.1, -0.05) is 37.3 Å². The summed E-state index contributed by atoms with van der Waals surface area (Å²) in [7, 11) is 0. The van der Waals surface area contributed by atoms with Gasteiger partial charge in [-0.05, 0) is 44.2 Å². The number of hydrogen-bond acceptors (Lipinski definition) is 2. The molecule has 0 heterocycles. The van der Waals surface area contributed by atoms with Crippen LogP contribution in [0.1, 0.15) is 44.7 Å². The Bertz CT molecular complexity index is 334. The van der Waals surface area contributed by atoms with Crippen molar-refractivity contribution < 1.29 is 4.74 Å². The molecule has 0 aliphatic heterocycles. The normalized spacial score (nSPS) is 18.6. The molecule has 100 valence electrons. The number of nitrogens with one attached hydrogen (secondary N) is 1. The van der Waals surface area contributed by atoms with E-state index in [9.17, 15) is 0 Å². The highest BCUT2D eigenvalue weighted by Gasteiger charge is 2.25. The largest absolute Gasteiger partial charge is 0.376 e. The Morgan fingerprint density at radius 1 is 1.28 bits per heavy atom. The van der Waals surface area contributed by atoms with E-state index in [1.165, 1.54) is 18.4 Å². The van der Waals surface area contributed by atoms with Crippen LogP contribution in [0.2, 0.25) is 0 Å². The van der Waals surface area contributed by atoms with Gasteiger partial charge < -0.3 is 10.1 Å². The Balaban J connectivity index is 1.94. The van der Waals surface area contributed by atoms with E-state index in [1.807, 2.05) is 0 Å². The van der Waals surface area contributed by atoms with Gasteiger partial charge in [-0.3, -0.25) is 0 Å². The summed E-state index contributed by atoms with van der Waals surface area (Å²) in [6.07, 6.45) is 4.09. The summed E-state index contributed by atoms with van der Waals surface area (Å²) in [6, 6.07) is 10.9. The topological polar surface area (TPSA) is 21.3 Å². The highest BCUT2D eigenvalue weighted by Crippen LogP contribution is 2.30. The number of hydrogen-bond donors (Lipinski definition) is 1. The van der Waals surface area contributed by atoms with Gasteiger partial charge in [-0.15, -0.1) is 0 Å². The average Bonchev–Trinajstić information content (AvgIpc) is 3.22. The summed E-state index contributed by atoms with van der Waals surface area (Å²) in [6.45, 7) is 6.35. The molecule has 2 nitrogen and oxygen atoms in total. The number of benzene rings is 1. The van der Waals surface area contributed by atoms with Gasteiger partial charge in [0.2, 0.25) is 0 Å². The van der Waals surface area contributed by atoms with Gasteiger partial charge in [0.15, 0.2) is 0 Å². The van der Waals surface area contributed by atoms with Crippen LogP contribution in [0.15, 0.2) is 30.3 Å². The lowest BCUT2D eigenvalue weighted by atomic mass is 10.0. The van der Waals surface area contributed by atoms with Crippen molar-refractivity contribution in [2.75, 3.05) is 13.2 Å². The third-order valence-corrected chi connectivity index (χ3v) is 3.53. The van der Waals surface area contributed by atoms with E-state index in [1.54, 1.807) is 0 Å². The molecule has 0 saturated heterocycles. The first-order valence-corrected chi connectivity index (χ1v) is 7.21. The summed E-state index contributed by atoms with van der Waals surface area (Å²) < 4.78 is 6.02. The summed E-state index contributed by atoms with van der Waals surface area (Å²) in [4.78, 5) is 0. The lowest BCUT2D eigenvalue weighted by Gasteiger charge is -2.26. The molecule has 2 unspecified atom stereocenters. The first-order valence-electron chi connectivity index (χ1n) is 7.21. The van der Waals surface area contributed by atoms with E-state index in [0.29, 0.717) is 6.04 Å². The van der Waals surface area contributed by atoms with Crippen molar-refractivity contribution in [1.29, 1.82) is 0 Å². The molecule has 0 bridgehead atoms. The molecule has 1 saturated carbocycles. The maximum absolute atomic E-state index is 6.02. The fourth-order valence-electron chi connectivity index (χ4n) is 2.18. The van der Waals surface area contributed by atoms with Crippen LogP contribution in [-0.4, -0.2) is 19.3 Å². The molecule has 2 rings (SSSR count). The highest BCUT2D eigenvalue weighted by molar-refractivity contribution is 5.20. The SMILES string of the molecule is CCCNC(c1ccccc1)C(C)OCC1CC1. The predicted molar refractivity (Wildman–Crippen MR) is 75.6 cm³/mol. The minimum atomic E-state index is 0.236. The van der Waals surface area contributed by atoms with Gasteiger partial charge in [-0.2, -0.15) is 0 Å². The number of rotatable bonds is 8. The third kappa shape index (κ3) is 4.11. The summed E-state index contributed by atoms with van der Waals surface area (Å²) >= 11 is 0. The van der Waals surface area contributed by atoms with E-state index in [2.05, 4.69) is 49.5 Å². The minimum absolute atomic E-state index is 0.236. The van der Waals surface area contributed by atoms with Crippen molar-refractivity contribution in [2.24, 2.45) is 5.92 Å². The van der Waals surface area contributed by atoms with Gasteiger partial charge in [0, 0.05) is 6.61 Å². The molecule has 0 aromatic heterocycles. The molecular formula is C16H25NO. The molecule has 1 aliphatic carbocycles. The maximum Gasteiger partial charge on any atom is 0.0741 e. The third-order valence-electron chi connectivity index (χ3n) is 3.53. The van der Waals surface area contributed by atoms with Crippen molar-refractivity contribution in [2.45, 2.75) is 45.3 Å². The second-order valence-corrected chi connectivity index (χ2v) is 5.32. The van der Waals surface area contributed by atoms with Crippen molar-refractivity contribution in [3.8, 4) is 0 Å². The number of ether oxygens (including phenoxy) is 1. The minimum Gasteiger partial charge on any atom is -0.376 e. The Hall–Kier alpha value is -0.860. The van der Waals surface area contributed by atoms with Crippen molar-refractivity contribution in [1.82, 2.24) is 5.32 Å². The molecule has 1 aromatic carbocycles. The fraction of sp³-hybridized carbons (Fsp3) is 0.625. The van der Waals surface area contributed by atoms with Crippen LogP contribution in [-0.2, 0) is 4.74 Å². The van der Waals surface area contributed by atoms with Crippen LogP contribution < -0.4 is 5.32 Å². The maximum atomic E-state index is 6.02. The molecule has 2 heteroatoms. The van der Waals surface area contributed by atoms with E-state index < -0.39 is 0 Å². The average molecular weight is 247 g/mol. The fourth-order valence-corrected chi connectivity index (χ4v) is 2.18. The first kappa shape index (κ1) is 13.6. The zero-order valence-corrected chi connectivity index (χ0v) is 11.6. The second-order valence-electron chi connectivity index (χ2n) is 5.32. The monoisotopic (exact) mass is 247 g/mol. The summed E-state index contributed by atoms with van der Waals surface area (Å²) in [5, 5.41) is 3.60. The molecular weight excluding hydrogens is 222 g/mol. The van der Waals surface area contributed by atoms with E-state index in [-0.39, 0.29) is 6.10 Å². The highest BCUT2D eigenvalue weighted by atomic mass is 16.5. The molecule has 2 atom stereocenters. The van der Waals surface area contributed by atoms with Gasteiger partial charge in [0.25, 0.3) is 0 Å². The predicted octanol–water partition coefficient (Wildman–Crippen LogP) is 3.54. The van der Waals surface area contributed by atoms with Crippen molar-refractivity contribution in [3.05, 3.63) is 35.9 Å². The van der Waals surface area contributed by atoms with Crippen molar-refractivity contribution in [3.63, 3.8) is 0 Å². The zero-order valence-electron chi connectivity index (χ0n) is 11.6. The van der Waals surface area contributed by atoms with Crippen LogP contribution in [0, 0.1) is 5.92 Å². The lowest BCUT2D eigenvalue weighted by Crippen LogP contribution is -2.33. The van der Waals surface area contributed by atoms with Gasteiger partial charge in [0.05, 0.1) is 12.1 Å². The van der Waals surface area contributed by atoms with Gasteiger partial charge in [0.1, 0.15) is 0 Å². The Morgan fingerprint density at radius 3 is 2.61 bits per heavy atom. The Labute approximate surface area is 111 Å². The van der Waals surface area contributed by atoms with Crippen LogP contribution >= 0.6 is 0 Å². The first-order chi connectivity index (χ1) is 8.81. The molecule has 1 N–H and O–H groups in total. The van der Waals surface area contributed by atoms with Crippen LogP contribution in [0.3, 0.4) is 0 Å². The molecule has 1 fully saturated rings. The van der Waals surface area contributed by atoms with E-state index in [4.69, 9.17) is 4.74 Å². The van der Waals surface area contributed by atoms with E-state index >= 15 is 0 Å². The zero-order chi connectivity index (χ0) is 12.8. The molecule has 1 aliphatic rings. The van der Waals surface area contributed by atoms with Gasteiger partial charge >= 0.3 is 0 Å². The van der Waals surface area contributed by atoms with Crippen molar-refractivity contribution >= 4 is 0 Å². The summed E-state index contributed by atoms with van der Waals surface area (Å²) in [5.41, 5.74) is 1.33. The Kier molecular flexibility index (Phi) is 5.21. The van der Waals surface area contributed by atoms with Gasteiger partial charge in [-0.25, -0.2) is 0 Å². The molecule has 1 aromatic rings. The van der Waals surface area contributed by atoms with E-state index in [0.717, 1.165) is 25.5 Å². The standard InChI is InChI=1S/C16H25NO/c1-3-11-17-16(15-7-5-4-6-8-15)13(2)18-12-14-9-10-14/h4-8,13-14,16-17H,3,9-12H2,1-2H3. The second kappa shape index (κ2) is 6.91. The summed E-state index contributed by atoms with van der Waals surface area (Å²) in [5.74, 6) is 0.829. The quantitative estimate of drug-likeness (QED) is 0.758. The smallest absolute Gasteiger partial charge is 0.0741 e.